The van der Waals surface area contributed by atoms with Crippen LogP contribution in [-0.4, -0.2) is 54.0 Å². The molecule has 0 unspecified atom stereocenters. The maximum Gasteiger partial charge on any atom is 0.341 e. The van der Waals surface area contributed by atoms with Gasteiger partial charge in [0.2, 0.25) is 5.43 Å². The Labute approximate surface area is 248 Å². The van der Waals surface area contributed by atoms with E-state index in [1.54, 1.807) is 4.57 Å². The first-order chi connectivity index (χ1) is 20.8. The fourth-order valence-electron chi connectivity index (χ4n) is 6.46. The van der Waals surface area contributed by atoms with Crippen LogP contribution in [0.1, 0.15) is 46.8 Å². The molecule has 0 spiro atoms. The number of methoxy groups -OCH3 is 1. The van der Waals surface area contributed by atoms with E-state index in [0.29, 0.717) is 38.1 Å². The van der Waals surface area contributed by atoms with Gasteiger partial charge in [-0.25, -0.2) is 9.18 Å². The molecule has 2 aliphatic rings. The Bertz CT molecular complexity index is 1650. The second-order valence-electron chi connectivity index (χ2n) is 11.9. The maximum atomic E-state index is 16.0. The molecule has 0 amide bonds. The zero-order valence-electron chi connectivity index (χ0n) is 24.1. The van der Waals surface area contributed by atoms with Gasteiger partial charge in [0.1, 0.15) is 11.3 Å². The van der Waals surface area contributed by atoms with Crippen LogP contribution in [0.15, 0.2) is 77.7 Å². The lowest BCUT2D eigenvalue weighted by Crippen LogP contribution is -2.41. The first-order valence-corrected chi connectivity index (χ1v) is 14.6. The number of aromatic carboxylic acids is 1. The third-order valence-corrected chi connectivity index (χ3v) is 8.67. The van der Waals surface area contributed by atoms with Gasteiger partial charge in [-0.15, -0.1) is 0 Å². The van der Waals surface area contributed by atoms with Crippen LogP contribution < -0.4 is 15.1 Å². The van der Waals surface area contributed by atoms with Gasteiger partial charge in [0.25, 0.3) is 0 Å². The van der Waals surface area contributed by atoms with Crippen LogP contribution in [0.3, 0.4) is 0 Å². The summed E-state index contributed by atoms with van der Waals surface area (Å²) in [5, 5.41) is 9.60. The van der Waals surface area contributed by atoms with Crippen molar-refractivity contribution in [3.63, 3.8) is 0 Å². The zero-order valence-corrected chi connectivity index (χ0v) is 24.1. The highest BCUT2D eigenvalue weighted by Gasteiger charge is 2.42. The molecular formula is C34H35F2N3O4. The molecule has 0 radical (unpaired) electrons. The number of halogens is 2. The summed E-state index contributed by atoms with van der Waals surface area (Å²) in [6, 6.07) is 21.3. The molecule has 1 aromatic heterocycles. The predicted molar refractivity (Wildman–Crippen MR) is 162 cm³/mol. The van der Waals surface area contributed by atoms with Crippen molar-refractivity contribution in [1.82, 2.24) is 9.47 Å². The van der Waals surface area contributed by atoms with E-state index in [0.717, 1.165) is 30.0 Å². The summed E-state index contributed by atoms with van der Waals surface area (Å²) in [7, 11) is 1.42. The van der Waals surface area contributed by atoms with Crippen LogP contribution in [0.4, 0.5) is 14.5 Å². The van der Waals surface area contributed by atoms with Gasteiger partial charge in [0, 0.05) is 50.4 Å². The Hall–Kier alpha value is -4.24. The lowest BCUT2D eigenvalue weighted by molar-refractivity contribution is 0.0694. The number of carboxylic acid groups (broad SMARTS) is 1. The number of aromatic nitrogens is 1. The van der Waals surface area contributed by atoms with E-state index < -0.39 is 34.9 Å². The third-order valence-electron chi connectivity index (χ3n) is 8.67. The average Bonchev–Trinajstić information content (AvgIpc) is 3.77. The number of carboxylic acids is 1. The van der Waals surface area contributed by atoms with Crippen molar-refractivity contribution in [3.05, 3.63) is 106 Å². The largest absolute Gasteiger partial charge is 0.492 e. The second kappa shape index (κ2) is 11.8. The molecule has 0 bridgehead atoms. The average molecular weight is 588 g/mol. The van der Waals surface area contributed by atoms with Crippen molar-refractivity contribution in [3.8, 4) is 5.75 Å². The quantitative estimate of drug-likeness (QED) is 0.230. The highest BCUT2D eigenvalue weighted by molar-refractivity contribution is 5.97. The lowest BCUT2D eigenvalue weighted by Gasteiger charge is -2.34. The number of rotatable bonds is 11. The van der Waals surface area contributed by atoms with Crippen LogP contribution in [0.25, 0.3) is 10.9 Å². The number of carbonyl (C=O) groups is 1. The SMILES string of the molecule is COc1c(N2CC[C@](CF)(CN(Cc3ccccc3)Cc3ccccc3)C2)c(F)cc2c(=O)c(C(=O)O)cn(C3CC3)c12. The van der Waals surface area contributed by atoms with Gasteiger partial charge < -0.3 is 19.3 Å². The normalized spacial score (nSPS) is 18.5. The molecule has 1 aliphatic heterocycles. The van der Waals surface area contributed by atoms with E-state index in [1.807, 2.05) is 41.3 Å². The minimum absolute atomic E-state index is 0.00135. The Morgan fingerprint density at radius 1 is 1.07 bits per heavy atom. The third kappa shape index (κ3) is 5.73. The zero-order chi connectivity index (χ0) is 30.1. The number of benzene rings is 3. The van der Waals surface area contributed by atoms with Crippen LogP contribution in [-0.2, 0) is 13.1 Å². The molecule has 9 heteroatoms. The van der Waals surface area contributed by atoms with Gasteiger partial charge in [-0.2, -0.15) is 0 Å². The minimum Gasteiger partial charge on any atom is -0.492 e. The lowest BCUT2D eigenvalue weighted by atomic mass is 9.87. The highest BCUT2D eigenvalue weighted by Crippen LogP contribution is 2.46. The van der Waals surface area contributed by atoms with E-state index in [2.05, 4.69) is 29.2 Å². The van der Waals surface area contributed by atoms with Crippen LogP contribution in [0.2, 0.25) is 0 Å². The smallest absolute Gasteiger partial charge is 0.341 e. The molecule has 6 rings (SSSR count). The van der Waals surface area contributed by atoms with Crippen LogP contribution in [0.5, 0.6) is 5.75 Å². The number of hydrogen-bond donors (Lipinski definition) is 1. The molecule has 3 aromatic carbocycles. The predicted octanol–water partition coefficient (Wildman–Crippen LogP) is 6.05. The van der Waals surface area contributed by atoms with Crippen molar-refractivity contribution < 1.29 is 23.4 Å². The monoisotopic (exact) mass is 587 g/mol. The van der Waals surface area contributed by atoms with Gasteiger partial charge in [-0.05, 0) is 36.5 Å². The number of fused-ring (bicyclic) bond motifs is 1. The summed E-state index contributed by atoms with van der Waals surface area (Å²) in [4.78, 5) is 29.0. The highest BCUT2D eigenvalue weighted by atomic mass is 19.1. The summed E-state index contributed by atoms with van der Waals surface area (Å²) < 4.78 is 38.6. The molecule has 4 aromatic rings. The molecule has 2 fully saturated rings. The Morgan fingerprint density at radius 3 is 2.23 bits per heavy atom. The van der Waals surface area contributed by atoms with Crippen molar-refractivity contribution in [1.29, 1.82) is 0 Å². The second-order valence-corrected chi connectivity index (χ2v) is 11.9. The Balaban J connectivity index is 1.36. The number of nitrogens with zero attached hydrogens (tertiary/aromatic N) is 3. The summed E-state index contributed by atoms with van der Waals surface area (Å²) >= 11 is 0. The van der Waals surface area contributed by atoms with E-state index in [1.165, 1.54) is 13.3 Å². The minimum atomic E-state index is -1.35. The molecule has 224 valence electrons. The topological polar surface area (TPSA) is 75.0 Å². The number of alkyl halides is 1. The first-order valence-electron chi connectivity index (χ1n) is 14.6. The van der Waals surface area contributed by atoms with E-state index in [-0.39, 0.29) is 29.4 Å². The van der Waals surface area contributed by atoms with Crippen molar-refractivity contribution in [2.75, 3.05) is 38.3 Å². The fourth-order valence-corrected chi connectivity index (χ4v) is 6.46. The van der Waals surface area contributed by atoms with Crippen molar-refractivity contribution in [2.24, 2.45) is 5.41 Å². The van der Waals surface area contributed by atoms with Crippen LogP contribution >= 0.6 is 0 Å². The molecule has 1 atom stereocenters. The molecule has 1 saturated carbocycles. The molecule has 1 saturated heterocycles. The number of hydrogen-bond acceptors (Lipinski definition) is 5. The maximum absolute atomic E-state index is 16.0. The molecule has 1 aliphatic carbocycles. The molecule has 43 heavy (non-hydrogen) atoms. The van der Waals surface area contributed by atoms with Gasteiger partial charge in [0.05, 0.1) is 24.7 Å². The first kappa shape index (κ1) is 28.9. The molecular weight excluding hydrogens is 552 g/mol. The summed E-state index contributed by atoms with van der Waals surface area (Å²) in [6.07, 6.45) is 3.49. The van der Waals surface area contributed by atoms with E-state index in [4.69, 9.17) is 4.74 Å². The van der Waals surface area contributed by atoms with E-state index >= 15 is 8.78 Å². The van der Waals surface area contributed by atoms with Gasteiger partial charge in [-0.1, -0.05) is 60.7 Å². The molecule has 1 N–H and O–H groups in total. The number of pyridine rings is 1. The van der Waals surface area contributed by atoms with Crippen molar-refractivity contribution in [2.45, 2.75) is 38.4 Å². The summed E-state index contributed by atoms with van der Waals surface area (Å²) in [5.74, 6) is -1.87. The molecule has 7 nitrogen and oxygen atoms in total. The summed E-state index contributed by atoms with van der Waals surface area (Å²) in [5.41, 5.74) is 0.915. The Kier molecular flexibility index (Phi) is 7.92. The standard InChI is InChI=1S/C34H35F2N3O4/c1-43-32-29-26(31(40)27(33(41)42)19-39(29)25-12-13-25)16-28(36)30(32)38-15-14-34(20-35,22-38)21-37(17-23-8-4-2-5-9-23)18-24-10-6-3-7-11-24/h2-11,16,19,25H,12-15,17-18,20-22H2,1H3,(H,41,42)/t34-/m0/s1. The van der Waals surface area contributed by atoms with E-state index in [9.17, 15) is 14.7 Å². The number of ether oxygens (including phenoxy) is 1. The van der Waals surface area contributed by atoms with Gasteiger partial charge in [0.15, 0.2) is 11.6 Å². The summed E-state index contributed by atoms with van der Waals surface area (Å²) in [6.45, 7) is 1.86. The van der Waals surface area contributed by atoms with Gasteiger partial charge in [-0.3, -0.25) is 14.1 Å². The Morgan fingerprint density at radius 2 is 1.70 bits per heavy atom. The van der Waals surface area contributed by atoms with Gasteiger partial charge >= 0.3 is 5.97 Å². The van der Waals surface area contributed by atoms with Crippen LogP contribution in [0, 0.1) is 11.2 Å². The number of anilines is 1. The fraction of sp³-hybridized carbons (Fsp3) is 0.353. The molecule has 2 heterocycles. The van der Waals surface area contributed by atoms with Crippen molar-refractivity contribution >= 4 is 22.6 Å².